The Morgan fingerprint density at radius 3 is 2.67 bits per heavy atom. The van der Waals surface area contributed by atoms with Crippen molar-refractivity contribution in [2.45, 2.75) is 18.6 Å². The number of rotatable bonds is 4. The summed E-state index contributed by atoms with van der Waals surface area (Å²) < 4.78 is 23.8. The molecule has 1 unspecified atom stereocenters. The summed E-state index contributed by atoms with van der Waals surface area (Å²) in [5.74, 6) is -0.249. The van der Waals surface area contributed by atoms with Gasteiger partial charge in [0.1, 0.15) is 5.25 Å². The van der Waals surface area contributed by atoms with Crippen molar-refractivity contribution < 1.29 is 13.2 Å². The second kappa shape index (κ2) is 4.82. The maximum Gasteiger partial charge on any atom is 0.157 e. The van der Waals surface area contributed by atoms with E-state index in [4.69, 9.17) is 0 Å². The zero-order valence-corrected chi connectivity index (χ0v) is 11.8. The summed E-state index contributed by atoms with van der Waals surface area (Å²) >= 11 is 1.57. The van der Waals surface area contributed by atoms with Gasteiger partial charge in [0, 0.05) is 17.4 Å². The van der Waals surface area contributed by atoms with E-state index < -0.39 is 15.1 Å². The molecule has 0 saturated carbocycles. The van der Waals surface area contributed by atoms with Crippen LogP contribution in [0.5, 0.6) is 0 Å². The van der Waals surface area contributed by atoms with Gasteiger partial charge in [-0.15, -0.1) is 11.3 Å². The Bertz CT molecular complexity index is 683. The zero-order chi connectivity index (χ0) is 13.3. The number of hydrogen-bond acceptors (Lipinski definition) is 4. The number of fused-ring (bicyclic) bond motifs is 1. The smallest absolute Gasteiger partial charge is 0.157 e. The molecule has 0 saturated heterocycles. The molecule has 96 valence electrons. The molecule has 0 radical (unpaired) electrons. The quantitative estimate of drug-likeness (QED) is 0.865. The minimum atomic E-state index is -3.30. The Labute approximate surface area is 110 Å². The number of benzene rings is 1. The fraction of sp³-hybridized carbons (Fsp3) is 0.308. The maximum absolute atomic E-state index is 11.9. The SMILES string of the molecule is CC(C(=O)Cc1csc2ccccc12)S(C)(=O)=O. The summed E-state index contributed by atoms with van der Waals surface area (Å²) in [6.45, 7) is 1.45. The molecule has 1 atom stereocenters. The lowest BCUT2D eigenvalue weighted by atomic mass is 10.1. The second-order valence-corrected chi connectivity index (χ2v) is 7.65. The molecule has 1 aromatic carbocycles. The van der Waals surface area contributed by atoms with Crippen LogP contribution in [-0.4, -0.2) is 25.7 Å². The molecule has 18 heavy (non-hydrogen) atoms. The van der Waals surface area contributed by atoms with Gasteiger partial charge in [0.05, 0.1) is 0 Å². The molecule has 0 fully saturated rings. The molecule has 0 aliphatic heterocycles. The highest BCUT2D eigenvalue weighted by Crippen LogP contribution is 2.26. The van der Waals surface area contributed by atoms with E-state index in [1.54, 1.807) is 11.3 Å². The molecule has 3 nitrogen and oxygen atoms in total. The van der Waals surface area contributed by atoms with Crippen LogP contribution >= 0.6 is 11.3 Å². The fourth-order valence-corrected chi connectivity index (χ4v) is 3.26. The van der Waals surface area contributed by atoms with Crippen LogP contribution in [0.2, 0.25) is 0 Å². The first-order chi connectivity index (χ1) is 8.39. The number of carbonyl (C=O) groups is 1. The number of sulfone groups is 1. The van der Waals surface area contributed by atoms with Crippen LogP contribution in [-0.2, 0) is 21.1 Å². The first-order valence-corrected chi connectivity index (χ1v) is 8.39. The van der Waals surface area contributed by atoms with E-state index in [0.717, 1.165) is 21.9 Å². The van der Waals surface area contributed by atoms with Gasteiger partial charge in [-0.2, -0.15) is 0 Å². The fourth-order valence-electron chi connectivity index (χ4n) is 1.74. The van der Waals surface area contributed by atoms with Crippen LogP contribution in [0, 0.1) is 0 Å². The third-order valence-electron chi connectivity index (χ3n) is 3.02. The Morgan fingerprint density at radius 2 is 2.00 bits per heavy atom. The normalized spacial score (nSPS) is 13.7. The Kier molecular flexibility index (Phi) is 3.54. The van der Waals surface area contributed by atoms with Crippen LogP contribution in [0.4, 0.5) is 0 Å². The Morgan fingerprint density at radius 1 is 1.33 bits per heavy atom. The molecule has 0 spiro atoms. The third-order valence-corrected chi connectivity index (χ3v) is 5.58. The highest BCUT2D eigenvalue weighted by atomic mass is 32.2. The van der Waals surface area contributed by atoms with Gasteiger partial charge < -0.3 is 0 Å². The number of thiophene rings is 1. The van der Waals surface area contributed by atoms with Gasteiger partial charge in [0.25, 0.3) is 0 Å². The number of carbonyl (C=O) groups excluding carboxylic acids is 1. The van der Waals surface area contributed by atoms with Crippen LogP contribution < -0.4 is 0 Å². The van der Waals surface area contributed by atoms with Crippen molar-refractivity contribution in [1.82, 2.24) is 0 Å². The predicted molar refractivity (Wildman–Crippen MR) is 74.8 cm³/mol. The summed E-state index contributed by atoms with van der Waals surface area (Å²) in [5, 5.41) is 2.03. The number of ketones is 1. The minimum absolute atomic E-state index is 0.179. The van der Waals surface area contributed by atoms with E-state index in [2.05, 4.69) is 0 Å². The number of hydrogen-bond donors (Lipinski definition) is 0. The Hall–Kier alpha value is -1.20. The van der Waals surface area contributed by atoms with Crippen LogP contribution in [0.1, 0.15) is 12.5 Å². The molecule has 0 amide bonds. The van der Waals surface area contributed by atoms with Gasteiger partial charge >= 0.3 is 0 Å². The monoisotopic (exact) mass is 282 g/mol. The highest BCUT2D eigenvalue weighted by Gasteiger charge is 2.24. The lowest BCUT2D eigenvalue weighted by Crippen LogP contribution is -2.27. The van der Waals surface area contributed by atoms with E-state index in [-0.39, 0.29) is 12.2 Å². The third kappa shape index (κ3) is 2.62. The van der Waals surface area contributed by atoms with Gasteiger partial charge in [-0.05, 0) is 29.3 Å². The van der Waals surface area contributed by atoms with Gasteiger partial charge in [-0.25, -0.2) is 8.42 Å². The van der Waals surface area contributed by atoms with Crippen molar-refractivity contribution in [2.75, 3.05) is 6.26 Å². The molecule has 0 aliphatic carbocycles. The molecule has 1 heterocycles. The molecular weight excluding hydrogens is 268 g/mol. The lowest BCUT2D eigenvalue weighted by Gasteiger charge is -2.07. The van der Waals surface area contributed by atoms with Crippen molar-refractivity contribution in [3.63, 3.8) is 0 Å². The average Bonchev–Trinajstić information content (AvgIpc) is 2.70. The summed E-state index contributed by atoms with van der Waals surface area (Å²) in [5.41, 5.74) is 0.913. The molecular formula is C13H14O3S2. The molecule has 2 aromatic rings. The molecule has 5 heteroatoms. The molecule has 1 aromatic heterocycles. The number of Topliss-reactive ketones (excluding diaryl/α,β-unsaturated/α-hetero) is 1. The van der Waals surface area contributed by atoms with Crippen LogP contribution in [0.25, 0.3) is 10.1 Å². The Balaban J connectivity index is 2.27. The molecule has 0 aliphatic rings. The molecule has 0 bridgehead atoms. The van der Waals surface area contributed by atoms with Crippen molar-refractivity contribution in [3.05, 3.63) is 35.2 Å². The van der Waals surface area contributed by atoms with Gasteiger partial charge in [-0.3, -0.25) is 4.79 Å². The van der Waals surface area contributed by atoms with Crippen molar-refractivity contribution in [1.29, 1.82) is 0 Å². The predicted octanol–water partition coefficient (Wildman–Crippen LogP) is 2.45. The average molecular weight is 282 g/mol. The summed E-state index contributed by atoms with van der Waals surface area (Å²) in [4.78, 5) is 11.9. The van der Waals surface area contributed by atoms with E-state index in [1.165, 1.54) is 6.92 Å². The zero-order valence-electron chi connectivity index (χ0n) is 10.2. The van der Waals surface area contributed by atoms with Gasteiger partial charge in [0.15, 0.2) is 15.6 Å². The second-order valence-electron chi connectivity index (χ2n) is 4.37. The van der Waals surface area contributed by atoms with E-state index in [0.29, 0.717) is 0 Å². The van der Waals surface area contributed by atoms with Gasteiger partial charge in [-0.1, -0.05) is 18.2 Å². The largest absolute Gasteiger partial charge is 0.298 e. The van der Waals surface area contributed by atoms with Gasteiger partial charge in [0.2, 0.25) is 0 Å². The molecule has 0 N–H and O–H groups in total. The maximum atomic E-state index is 11.9. The first-order valence-electron chi connectivity index (χ1n) is 5.56. The van der Waals surface area contributed by atoms with Crippen LogP contribution in [0.3, 0.4) is 0 Å². The summed E-state index contributed by atoms with van der Waals surface area (Å²) in [6, 6.07) is 7.82. The van der Waals surface area contributed by atoms with E-state index >= 15 is 0 Å². The lowest BCUT2D eigenvalue weighted by molar-refractivity contribution is -0.117. The summed E-state index contributed by atoms with van der Waals surface area (Å²) in [6.07, 6.45) is 1.28. The standard InChI is InChI=1S/C13H14O3S2/c1-9(18(2,15)16)12(14)7-10-8-17-13-6-4-3-5-11(10)13/h3-6,8-9H,7H2,1-2H3. The van der Waals surface area contributed by atoms with Crippen molar-refractivity contribution in [2.24, 2.45) is 0 Å². The van der Waals surface area contributed by atoms with E-state index in [1.807, 2.05) is 29.6 Å². The summed E-state index contributed by atoms with van der Waals surface area (Å²) in [7, 11) is -3.30. The van der Waals surface area contributed by atoms with Crippen LogP contribution in [0.15, 0.2) is 29.6 Å². The van der Waals surface area contributed by atoms with Crippen molar-refractivity contribution >= 4 is 37.0 Å². The van der Waals surface area contributed by atoms with E-state index in [9.17, 15) is 13.2 Å². The minimum Gasteiger partial charge on any atom is -0.298 e. The van der Waals surface area contributed by atoms with Crippen molar-refractivity contribution in [3.8, 4) is 0 Å². The molecule has 2 rings (SSSR count). The first kappa shape index (κ1) is 13.2. The highest BCUT2D eigenvalue weighted by molar-refractivity contribution is 7.92. The topological polar surface area (TPSA) is 51.2 Å².